The highest BCUT2D eigenvalue weighted by atomic mass is 16.6. The van der Waals surface area contributed by atoms with Crippen LogP contribution in [0.25, 0.3) is 10.9 Å². The molecule has 2 aromatic heterocycles. The number of nitrogens with zero attached hydrogens (tertiary/aromatic N) is 4. The third-order valence-corrected chi connectivity index (χ3v) is 6.59. The first kappa shape index (κ1) is 22.1. The first-order chi connectivity index (χ1) is 16.7. The van der Waals surface area contributed by atoms with Crippen LogP contribution >= 0.6 is 0 Å². The van der Waals surface area contributed by atoms with Crippen molar-refractivity contribution in [1.82, 2.24) is 20.2 Å². The molecule has 0 aliphatic carbocycles. The zero-order chi connectivity index (χ0) is 23.3. The highest BCUT2D eigenvalue weighted by molar-refractivity contribution is 5.97. The van der Waals surface area contributed by atoms with Crippen molar-refractivity contribution in [2.24, 2.45) is 5.92 Å². The molecule has 174 valence electrons. The SMILES string of the molecule is Cc1nonc1COc1ccccc1C(=O)N1CCC[C@@H](Cc2cccc3cccnc23)CC1. The number of rotatable bonds is 6. The lowest BCUT2D eigenvalue weighted by atomic mass is 9.91. The van der Waals surface area contributed by atoms with Crippen molar-refractivity contribution in [3.05, 3.63) is 83.3 Å². The van der Waals surface area contributed by atoms with Gasteiger partial charge in [-0.25, -0.2) is 4.63 Å². The summed E-state index contributed by atoms with van der Waals surface area (Å²) in [6.45, 7) is 3.51. The number of likely N-dealkylation sites (tertiary alicyclic amines) is 1. The van der Waals surface area contributed by atoms with E-state index in [4.69, 9.17) is 9.37 Å². The van der Waals surface area contributed by atoms with E-state index in [1.807, 2.05) is 48.4 Å². The van der Waals surface area contributed by atoms with E-state index in [1.165, 1.54) is 10.9 Å². The van der Waals surface area contributed by atoms with Crippen LogP contribution in [-0.2, 0) is 13.0 Å². The zero-order valence-corrected chi connectivity index (χ0v) is 19.3. The summed E-state index contributed by atoms with van der Waals surface area (Å²) in [6.07, 6.45) is 5.91. The van der Waals surface area contributed by atoms with Crippen LogP contribution < -0.4 is 4.74 Å². The number of ether oxygens (including phenoxy) is 1. The molecule has 1 aliphatic rings. The van der Waals surface area contributed by atoms with E-state index < -0.39 is 0 Å². The minimum atomic E-state index is 0.0121. The Kier molecular flexibility index (Phi) is 6.51. The Labute approximate surface area is 198 Å². The van der Waals surface area contributed by atoms with Crippen molar-refractivity contribution < 1.29 is 14.2 Å². The Bertz CT molecular complexity index is 1280. The third-order valence-electron chi connectivity index (χ3n) is 6.59. The van der Waals surface area contributed by atoms with E-state index in [9.17, 15) is 4.79 Å². The van der Waals surface area contributed by atoms with Gasteiger partial charge in [0.2, 0.25) is 0 Å². The van der Waals surface area contributed by atoms with E-state index in [0.29, 0.717) is 28.6 Å². The second-order valence-electron chi connectivity index (χ2n) is 8.87. The van der Waals surface area contributed by atoms with Crippen LogP contribution in [0.15, 0.2) is 65.4 Å². The number of amides is 1. The van der Waals surface area contributed by atoms with Crippen molar-refractivity contribution in [2.75, 3.05) is 13.1 Å². The van der Waals surface area contributed by atoms with Gasteiger partial charge in [-0.1, -0.05) is 46.7 Å². The fourth-order valence-electron chi connectivity index (χ4n) is 4.68. The number of pyridine rings is 1. The van der Waals surface area contributed by atoms with Crippen LogP contribution in [0, 0.1) is 12.8 Å². The predicted molar refractivity (Wildman–Crippen MR) is 129 cm³/mol. The summed E-state index contributed by atoms with van der Waals surface area (Å²) in [7, 11) is 0. The van der Waals surface area contributed by atoms with E-state index in [1.54, 1.807) is 0 Å². The maximum atomic E-state index is 13.4. The summed E-state index contributed by atoms with van der Waals surface area (Å²) >= 11 is 0. The minimum Gasteiger partial charge on any atom is -0.486 e. The van der Waals surface area contributed by atoms with Crippen LogP contribution in [-0.4, -0.2) is 39.2 Å². The standard InChI is InChI=1S/C27H28N4O3/c1-19-24(30-34-29-19)18-33-25-12-3-2-11-23(25)27(32)31-15-6-7-20(13-16-31)17-22-9-4-8-21-10-5-14-28-26(21)22/h2-5,8-12,14,20H,6-7,13,15-18H2,1H3/t20-/m1/s1. The molecule has 4 aromatic rings. The summed E-state index contributed by atoms with van der Waals surface area (Å²) in [5, 5.41) is 8.82. The summed E-state index contributed by atoms with van der Waals surface area (Å²) in [4.78, 5) is 20.0. The molecule has 7 heteroatoms. The third kappa shape index (κ3) is 4.78. The molecule has 7 nitrogen and oxygen atoms in total. The van der Waals surface area contributed by atoms with Gasteiger partial charge in [-0.15, -0.1) is 0 Å². The summed E-state index contributed by atoms with van der Waals surface area (Å²) in [6, 6.07) is 17.9. The molecule has 1 saturated heterocycles. The molecule has 1 fully saturated rings. The molecule has 0 saturated carbocycles. The number of carbonyl (C=O) groups is 1. The monoisotopic (exact) mass is 456 g/mol. The summed E-state index contributed by atoms with van der Waals surface area (Å²) in [5.41, 5.74) is 4.27. The van der Waals surface area contributed by atoms with Gasteiger partial charge in [0.1, 0.15) is 23.7 Å². The molecule has 1 atom stereocenters. The minimum absolute atomic E-state index is 0.0121. The molecule has 3 heterocycles. The fourth-order valence-corrected chi connectivity index (χ4v) is 4.68. The number of para-hydroxylation sites is 2. The van der Waals surface area contributed by atoms with E-state index >= 15 is 0 Å². The predicted octanol–water partition coefficient (Wildman–Crippen LogP) is 4.99. The second-order valence-corrected chi connectivity index (χ2v) is 8.87. The molecule has 0 spiro atoms. The van der Waals surface area contributed by atoms with Gasteiger partial charge >= 0.3 is 0 Å². The Morgan fingerprint density at radius 1 is 1.06 bits per heavy atom. The van der Waals surface area contributed by atoms with Crippen molar-refractivity contribution in [2.45, 2.75) is 39.2 Å². The Balaban J connectivity index is 1.25. The van der Waals surface area contributed by atoms with Crippen molar-refractivity contribution >= 4 is 16.8 Å². The maximum Gasteiger partial charge on any atom is 0.257 e. The molecule has 0 N–H and O–H groups in total. The lowest BCUT2D eigenvalue weighted by Crippen LogP contribution is -2.32. The molecule has 1 aliphatic heterocycles. The Morgan fingerprint density at radius 2 is 1.94 bits per heavy atom. The topological polar surface area (TPSA) is 81.3 Å². The van der Waals surface area contributed by atoms with Crippen molar-refractivity contribution in [3.8, 4) is 5.75 Å². The molecular formula is C27H28N4O3. The number of aryl methyl sites for hydroxylation is 1. The average Bonchev–Trinajstić information content (AvgIpc) is 3.14. The molecule has 1 amide bonds. The molecule has 34 heavy (non-hydrogen) atoms. The highest BCUT2D eigenvalue weighted by Gasteiger charge is 2.24. The lowest BCUT2D eigenvalue weighted by molar-refractivity contribution is 0.0755. The lowest BCUT2D eigenvalue weighted by Gasteiger charge is -2.22. The maximum absolute atomic E-state index is 13.4. The zero-order valence-electron chi connectivity index (χ0n) is 19.3. The van der Waals surface area contributed by atoms with Crippen LogP contribution in [0.3, 0.4) is 0 Å². The van der Waals surface area contributed by atoms with Crippen LogP contribution in [0.4, 0.5) is 0 Å². The largest absolute Gasteiger partial charge is 0.486 e. The normalized spacial score (nSPS) is 16.4. The summed E-state index contributed by atoms with van der Waals surface area (Å²) < 4.78 is 10.7. The Morgan fingerprint density at radius 3 is 2.82 bits per heavy atom. The first-order valence-electron chi connectivity index (χ1n) is 11.8. The molecular weight excluding hydrogens is 428 g/mol. The molecule has 2 aromatic carbocycles. The molecule has 0 bridgehead atoms. The van der Waals surface area contributed by atoms with Crippen molar-refractivity contribution in [3.63, 3.8) is 0 Å². The van der Waals surface area contributed by atoms with Crippen LogP contribution in [0.2, 0.25) is 0 Å². The van der Waals surface area contributed by atoms with Gasteiger partial charge in [-0.3, -0.25) is 9.78 Å². The van der Waals surface area contributed by atoms with E-state index in [-0.39, 0.29) is 12.5 Å². The number of hydrogen-bond donors (Lipinski definition) is 0. The molecule has 0 radical (unpaired) electrons. The van der Waals surface area contributed by atoms with Crippen LogP contribution in [0.5, 0.6) is 5.75 Å². The Hall–Kier alpha value is -3.74. The molecule has 0 unspecified atom stereocenters. The van der Waals surface area contributed by atoms with Gasteiger partial charge in [0.15, 0.2) is 0 Å². The van der Waals surface area contributed by atoms with Gasteiger partial charge in [0.05, 0.1) is 11.1 Å². The number of aromatic nitrogens is 3. The average molecular weight is 457 g/mol. The quantitative estimate of drug-likeness (QED) is 0.407. The van der Waals surface area contributed by atoms with Gasteiger partial charge < -0.3 is 9.64 Å². The number of carbonyl (C=O) groups excluding carboxylic acids is 1. The van der Waals surface area contributed by atoms with Gasteiger partial charge in [-0.05, 0) is 62.3 Å². The molecule has 5 rings (SSSR count). The summed E-state index contributed by atoms with van der Waals surface area (Å²) in [5.74, 6) is 1.09. The van der Waals surface area contributed by atoms with Gasteiger partial charge in [-0.2, -0.15) is 0 Å². The highest BCUT2D eigenvalue weighted by Crippen LogP contribution is 2.27. The number of fused-ring (bicyclic) bond motifs is 1. The van der Waals surface area contributed by atoms with Crippen molar-refractivity contribution in [1.29, 1.82) is 0 Å². The first-order valence-corrected chi connectivity index (χ1v) is 11.8. The van der Waals surface area contributed by atoms with Gasteiger partial charge in [0.25, 0.3) is 5.91 Å². The van der Waals surface area contributed by atoms with Crippen LogP contribution in [0.1, 0.15) is 46.6 Å². The smallest absolute Gasteiger partial charge is 0.257 e. The van der Waals surface area contributed by atoms with E-state index in [2.05, 4.69) is 39.6 Å². The second kappa shape index (κ2) is 10.0. The fraction of sp³-hybridized carbons (Fsp3) is 0.333. The number of benzene rings is 2. The van der Waals surface area contributed by atoms with Gasteiger partial charge in [0, 0.05) is 24.7 Å². The van der Waals surface area contributed by atoms with E-state index in [0.717, 1.165) is 44.3 Å². The number of hydrogen-bond acceptors (Lipinski definition) is 6.